The van der Waals surface area contributed by atoms with E-state index in [0.29, 0.717) is 17.3 Å². The molecule has 1 unspecified atom stereocenters. The molecule has 9 heteroatoms. The summed E-state index contributed by atoms with van der Waals surface area (Å²) in [5.74, 6) is 1.44. The molecule has 5 aromatic rings. The van der Waals surface area contributed by atoms with Crippen LogP contribution < -0.4 is 0 Å². The zero-order valence-corrected chi connectivity index (χ0v) is 20.1. The largest absolute Gasteiger partial charge is 0.377 e. The molecular formula is C27H25F2N5O2. The summed E-state index contributed by atoms with van der Waals surface area (Å²) in [7, 11) is 0. The van der Waals surface area contributed by atoms with Crippen LogP contribution in [-0.4, -0.2) is 30.2 Å². The fourth-order valence-electron chi connectivity index (χ4n) is 4.23. The molecule has 184 valence electrons. The third-order valence-corrected chi connectivity index (χ3v) is 6.20. The number of hydrogen-bond acceptors (Lipinski definition) is 6. The predicted octanol–water partition coefficient (Wildman–Crippen LogP) is 5.72. The zero-order valence-electron chi connectivity index (χ0n) is 20.1. The van der Waals surface area contributed by atoms with Crippen molar-refractivity contribution in [3.8, 4) is 11.1 Å². The minimum Gasteiger partial charge on any atom is -0.377 e. The molecule has 6 rings (SSSR count). The van der Waals surface area contributed by atoms with Crippen LogP contribution in [0.3, 0.4) is 0 Å². The van der Waals surface area contributed by atoms with E-state index in [0.717, 1.165) is 58.3 Å². The molecule has 0 radical (unpaired) electrons. The third kappa shape index (κ3) is 4.61. The van der Waals surface area contributed by atoms with Crippen molar-refractivity contribution < 1.29 is 18.4 Å². The van der Waals surface area contributed by atoms with Crippen molar-refractivity contribution >= 4 is 11.0 Å². The van der Waals surface area contributed by atoms with Gasteiger partial charge in [0.15, 0.2) is 5.82 Å². The van der Waals surface area contributed by atoms with Gasteiger partial charge in [0, 0.05) is 35.5 Å². The van der Waals surface area contributed by atoms with Crippen LogP contribution in [0.4, 0.5) is 8.78 Å². The van der Waals surface area contributed by atoms with Crippen LogP contribution in [0.2, 0.25) is 0 Å². The molecule has 1 fully saturated rings. The van der Waals surface area contributed by atoms with E-state index in [1.807, 2.05) is 26.0 Å². The minimum absolute atomic E-state index is 0.336. The lowest BCUT2D eigenvalue weighted by atomic mass is 9.90. The van der Waals surface area contributed by atoms with Crippen molar-refractivity contribution in [2.45, 2.75) is 45.1 Å². The molecule has 1 aliphatic carbocycles. The summed E-state index contributed by atoms with van der Waals surface area (Å²) < 4.78 is 29.2. The van der Waals surface area contributed by atoms with Crippen LogP contribution in [0.5, 0.6) is 0 Å². The van der Waals surface area contributed by atoms with E-state index in [2.05, 4.69) is 20.1 Å². The quantitative estimate of drug-likeness (QED) is 0.335. The molecule has 0 amide bonds. The smallest absolute Gasteiger partial charge is 0.164 e. The van der Waals surface area contributed by atoms with Crippen molar-refractivity contribution in [1.82, 2.24) is 25.1 Å². The minimum atomic E-state index is -1.40. The van der Waals surface area contributed by atoms with Gasteiger partial charge in [0.05, 0.1) is 16.7 Å². The molecule has 2 N–H and O–H groups in total. The summed E-state index contributed by atoms with van der Waals surface area (Å²) in [4.78, 5) is 16.8. The fraction of sp³-hybridized carbons (Fsp3) is 0.259. The first-order valence-electron chi connectivity index (χ1n) is 11.6. The van der Waals surface area contributed by atoms with Crippen LogP contribution in [0.1, 0.15) is 54.3 Å². The standard InChI is InChI=1S/C21H21N5O2.C6H4F2/c1-11-17(12(2)28-26-11)14-9-15(21(3,27)20-22-7-4-8-23-20)18-16(10-14)24-19(25-18)13-5-6-13;7-5-2-1-3-6(8)4-5/h4,7-10,13,27H,5-6H2,1-3H3,(H,24,25);1-4H. The van der Waals surface area contributed by atoms with Crippen molar-refractivity contribution in [3.63, 3.8) is 0 Å². The van der Waals surface area contributed by atoms with E-state index < -0.39 is 17.2 Å². The van der Waals surface area contributed by atoms with Crippen molar-refractivity contribution in [3.05, 3.63) is 95.2 Å². The highest BCUT2D eigenvalue weighted by Crippen LogP contribution is 2.42. The Morgan fingerprint density at radius 2 is 1.72 bits per heavy atom. The number of aromatic nitrogens is 5. The Hall–Kier alpha value is -3.98. The fourth-order valence-corrected chi connectivity index (χ4v) is 4.23. The lowest BCUT2D eigenvalue weighted by Crippen LogP contribution is -2.26. The highest BCUT2D eigenvalue weighted by atomic mass is 19.1. The van der Waals surface area contributed by atoms with E-state index in [9.17, 15) is 13.9 Å². The first kappa shape index (κ1) is 23.7. The first-order chi connectivity index (χ1) is 17.2. The molecule has 1 saturated carbocycles. The number of fused-ring (bicyclic) bond motifs is 1. The molecule has 0 spiro atoms. The SMILES string of the molecule is Cc1noc(C)c1-c1cc(C(C)(O)c2ncccn2)c2nc(C3CC3)[nH]c2c1.Fc1cccc(F)c1. The van der Waals surface area contributed by atoms with Crippen LogP contribution >= 0.6 is 0 Å². The van der Waals surface area contributed by atoms with Crippen LogP contribution in [0.25, 0.3) is 22.2 Å². The van der Waals surface area contributed by atoms with Crippen molar-refractivity contribution in [2.24, 2.45) is 0 Å². The van der Waals surface area contributed by atoms with Crippen LogP contribution in [-0.2, 0) is 5.60 Å². The molecule has 3 aromatic heterocycles. The Bertz CT molecular complexity index is 1490. The van der Waals surface area contributed by atoms with Crippen LogP contribution in [0.15, 0.2) is 59.4 Å². The lowest BCUT2D eigenvalue weighted by molar-refractivity contribution is 0.0936. The summed E-state index contributed by atoms with van der Waals surface area (Å²) in [6.07, 6.45) is 5.55. The zero-order chi connectivity index (χ0) is 25.4. The molecule has 1 atom stereocenters. The number of halogens is 2. The Balaban J connectivity index is 0.000000286. The summed E-state index contributed by atoms with van der Waals surface area (Å²) in [5, 5.41) is 15.5. The predicted molar refractivity (Wildman–Crippen MR) is 130 cm³/mol. The number of imidazole rings is 1. The molecule has 7 nitrogen and oxygen atoms in total. The summed E-state index contributed by atoms with van der Waals surface area (Å²) in [6.45, 7) is 5.51. The van der Waals surface area contributed by atoms with Gasteiger partial charge in [-0.2, -0.15) is 0 Å². The van der Waals surface area contributed by atoms with Gasteiger partial charge in [-0.1, -0.05) is 11.2 Å². The Kier molecular flexibility index (Phi) is 6.09. The van der Waals surface area contributed by atoms with Crippen LogP contribution in [0, 0.1) is 25.5 Å². The summed E-state index contributed by atoms with van der Waals surface area (Å²) in [5.41, 5.74) is 3.54. The van der Waals surface area contributed by atoms with Gasteiger partial charge in [0.25, 0.3) is 0 Å². The maximum absolute atomic E-state index is 11.9. The van der Waals surface area contributed by atoms with E-state index in [1.165, 1.54) is 18.2 Å². The van der Waals surface area contributed by atoms with E-state index >= 15 is 0 Å². The number of nitrogens with one attached hydrogen (secondary N) is 1. The number of benzene rings is 2. The Morgan fingerprint density at radius 1 is 1.03 bits per heavy atom. The van der Waals surface area contributed by atoms with Gasteiger partial charge < -0.3 is 14.6 Å². The average molecular weight is 490 g/mol. The number of aryl methyl sites for hydroxylation is 2. The van der Waals surface area contributed by atoms with Crippen molar-refractivity contribution in [2.75, 3.05) is 0 Å². The molecule has 3 heterocycles. The van der Waals surface area contributed by atoms with E-state index in [1.54, 1.807) is 25.4 Å². The number of hydrogen-bond donors (Lipinski definition) is 2. The highest BCUT2D eigenvalue weighted by molar-refractivity contribution is 5.87. The van der Waals surface area contributed by atoms with Crippen molar-refractivity contribution in [1.29, 1.82) is 0 Å². The highest BCUT2D eigenvalue weighted by Gasteiger charge is 2.34. The number of H-pyrrole nitrogens is 1. The molecule has 0 aliphatic heterocycles. The second kappa shape index (κ2) is 9.23. The first-order valence-corrected chi connectivity index (χ1v) is 11.6. The molecule has 2 aromatic carbocycles. The molecule has 36 heavy (non-hydrogen) atoms. The van der Waals surface area contributed by atoms with Gasteiger partial charge in [-0.05, 0) is 69.5 Å². The lowest BCUT2D eigenvalue weighted by Gasteiger charge is -2.23. The summed E-state index contributed by atoms with van der Waals surface area (Å²) in [6, 6.07) is 10.3. The second-order valence-electron chi connectivity index (χ2n) is 9.10. The monoisotopic (exact) mass is 489 g/mol. The maximum Gasteiger partial charge on any atom is 0.164 e. The van der Waals surface area contributed by atoms with E-state index in [-0.39, 0.29) is 0 Å². The topological polar surface area (TPSA) is 101 Å². The Morgan fingerprint density at radius 3 is 2.28 bits per heavy atom. The van der Waals surface area contributed by atoms with E-state index in [4.69, 9.17) is 9.51 Å². The maximum atomic E-state index is 11.9. The normalized spacial score (nSPS) is 14.8. The Labute approximate surface area is 206 Å². The molecule has 0 bridgehead atoms. The molecular weight excluding hydrogens is 464 g/mol. The number of aromatic amines is 1. The number of nitrogens with zero attached hydrogens (tertiary/aromatic N) is 4. The number of aliphatic hydroxyl groups is 1. The van der Waals surface area contributed by atoms with Gasteiger partial charge in [-0.3, -0.25) is 0 Å². The van der Waals surface area contributed by atoms with Gasteiger partial charge in [0.2, 0.25) is 0 Å². The molecule has 0 saturated heterocycles. The van der Waals surface area contributed by atoms with Gasteiger partial charge >= 0.3 is 0 Å². The third-order valence-electron chi connectivity index (χ3n) is 6.20. The average Bonchev–Trinajstić information content (AvgIpc) is 3.53. The summed E-state index contributed by atoms with van der Waals surface area (Å²) >= 11 is 0. The van der Waals surface area contributed by atoms with Gasteiger partial charge in [0.1, 0.15) is 28.8 Å². The number of rotatable bonds is 4. The molecule has 1 aliphatic rings. The van der Waals surface area contributed by atoms with Gasteiger partial charge in [-0.15, -0.1) is 0 Å². The van der Waals surface area contributed by atoms with Gasteiger partial charge in [-0.25, -0.2) is 23.7 Å². The second-order valence-corrected chi connectivity index (χ2v) is 9.10.